The fourth-order valence-corrected chi connectivity index (χ4v) is 2.68. The number of nitrogens with one attached hydrogen (secondary N) is 1. The molecule has 0 unspecified atom stereocenters. The Kier molecular flexibility index (Phi) is 9.26. The van der Waals surface area contributed by atoms with Gasteiger partial charge < -0.3 is 56.9 Å². The summed E-state index contributed by atoms with van der Waals surface area (Å²) in [6.45, 7) is -0.429. The molecule has 1 rings (SSSR count). The molecule has 1 aliphatic rings. The topological polar surface area (TPSA) is 221 Å². The summed E-state index contributed by atoms with van der Waals surface area (Å²) in [4.78, 5) is 11.2. The van der Waals surface area contributed by atoms with Crippen LogP contribution < -0.4 is 16.8 Å². The summed E-state index contributed by atoms with van der Waals surface area (Å²) < 4.78 is 10.8. The van der Waals surface area contributed by atoms with E-state index in [1.54, 1.807) is 0 Å². The molecule has 0 bridgehead atoms. The summed E-state index contributed by atoms with van der Waals surface area (Å²) >= 11 is 0. The Morgan fingerprint density at radius 3 is 2.31 bits per heavy atom. The summed E-state index contributed by atoms with van der Waals surface area (Å²) in [5, 5.41) is 60.9. The molecule has 12 heteroatoms. The zero-order chi connectivity index (χ0) is 20.0. The highest BCUT2D eigenvalue weighted by atomic mass is 16.7. The van der Waals surface area contributed by atoms with E-state index in [0.717, 1.165) is 0 Å². The van der Waals surface area contributed by atoms with Crippen molar-refractivity contribution in [3.05, 3.63) is 0 Å². The third kappa shape index (κ3) is 5.53. The lowest BCUT2D eigenvalue weighted by Crippen LogP contribution is -2.66. The molecule has 0 spiro atoms. The molecule has 1 saturated heterocycles. The second-order valence-electron chi connectivity index (χ2n) is 6.16. The van der Waals surface area contributed by atoms with Crippen molar-refractivity contribution >= 4 is 5.91 Å². The van der Waals surface area contributed by atoms with E-state index in [0.29, 0.717) is 0 Å². The van der Waals surface area contributed by atoms with E-state index in [1.807, 2.05) is 0 Å². The molecule has 1 heterocycles. The molecule has 0 aliphatic carbocycles. The van der Waals surface area contributed by atoms with Crippen LogP contribution in [-0.4, -0.2) is 111 Å². The predicted octanol–water partition coefficient (Wildman–Crippen LogP) is -5.68. The Morgan fingerprint density at radius 2 is 1.85 bits per heavy atom. The first-order valence-electron chi connectivity index (χ1n) is 8.15. The van der Waals surface area contributed by atoms with Crippen LogP contribution in [0.25, 0.3) is 0 Å². The van der Waals surface area contributed by atoms with Crippen LogP contribution in [0.5, 0.6) is 0 Å². The Bertz CT molecular complexity index is 442. The molecular formula is C14H29N3O9. The highest BCUT2D eigenvalue weighted by molar-refractivity contribution is 5.73. The first-order chi connectivity index (χ1) is 12.2. The predicted molar refractivity (Wildman–Crippen MR) is 86.4 cm³/mol. The van der Waals surface area contributed by atoms with Gasteiger partial charge in [0.05, 0.1) is 37.5 Å². The lowest BCUT2D eigenvalue weighted by molar-refractivity contribution is -0.302. The molecule has 0 aromatic carbocycles. The highest BCUT2D eigenvalue weighted by Gasteiger charge is 2.47. The second-order valence-corrected chi connectivity index (χ2v) is 6.16. The number of hydrogen-bond acceptors (Lipinski definition) is 11. The fourth-order valence-electron chi connectivity index (χ4n) is 2.68. The van der Waals surface area contributed by atoms with E-state index in [4.69, 9.17) is 26.0 Å². The average Bonchev–Trinajstić information content (AvgIpc) is 2.62. The molecule has 0 aromatic heterocycles. The summed E-state index contributed by atoms with van der Waals surface area (Å²) in [6, 6.07) is -2.38. The summed E-state index contributed by atoms with van der Waals surface area (Å²) in [5.74, 6) is -0.507. The van der Waals surface area contributed by atoms with Crippen molar-refractivity contribution < 1.29 is 44.9 Å². The zero-order valence-corrected chi connectivity index (χ0v) is 14.4. The van der Waals surface area contributed by atoms with Gasteiger partial charge in [0.15, 0.2) is 6.29 Å². The monoisotopic (exact) mass is 383 g/mol. The summed E-state index contributed by atoms with van der Waals surface area (Å²) in [7, 11) is 0. The van der Waals surface area contributed by atoms with Gasteiger partial charge in [0, 0.05) is 13.5 Å². The van der Waals surface area contributed by atoms with Crippen molar-refractivity contribution in [2.24, 2.45) is 11.5 Å². The number of aliphatic hydroxyl groups is 6. The minimum absolute atomic E-state index is 0.306. The van der Waals surface area contributed by atoms with E-state index in [9.17, 15) is 30.3 Å². The van der Waals surface area contributed by atoms with E-state index in [1.165, 1.54) is 6.92 Å². The maximum Gasteiger partial charge on any atom is 0.217 e. The summed E-state index contributed by atoms with van der Waals surface area (Å²) in [6.07, 6.45) is -10.1. The van der Waals surface area contributed by atoms with Crippen molar-refractivity contribution in [1.82, 2.24) is 5.32 Å². The number of amides is 1. The summed E-state index contributed by atoms with van der Waals surface area (Å²) in [5.41, 5.74) is 11.1. The van der Waals surface area contributed by atoms with Gasteiger partial charge in [-0.05, 0) is 0 Å². The van der Waals surface area contributed by atoms with Gasteiger partial charge >= 0.3 is 0 Å². The molecule has 26 heavy (non-hydrogen) atoms. The molecule has 1 fully saturated rings. The molecule has 154 valence electrons. The van der Waals surface area contributed by atoms with Crippen molar-refractivity contribution in [2.45, 2.75) is 61.9 Å². The Hall–Kier alpha value is -0.930. The Morgan fingerprint density at radius 1 is 1.23 bits per heavy atom. The van der Waals surface area contributed by atoms with E-state index >= 15 is 0 Å². The van der Waals surface area contributed by atoms with Crippen molar-refractivity contribution in [2.75, 3.05) is 19.8 Å². The maximum absolute atomic E-state index is 11.2. The zero-order valence-electron chi connectivity index (χ0n) is 14.4. The van der Waals surface area contributed by atoms with Crippen LogP contribution in [0.2, 0.25) is 0 Å². The van der Waals surface area contributed by atoms with Gasteiger partial charge in [-0.1, -0.05) is 0 Å². The SMILES string of the molecule is CC(=O)N[C@H]1[C@H](O)[C@@H](O)[C@@H](O[C@H]([C@H](N)[C@@H](O)CO)[C@@H](O)CN)O[C@@H]1CO. The maximum atomic E-state index is 11.2. The van der Waals surface area contributed by atoms with Crippen LogP contribution >= 0.6 is 0 Å². The minimum atomic E-state index is -1.67. The first-order valence-corrected chi connectivity index (χ1v) is 8.15. The van der Waals surface area contributed by atoms with Gasteiger partial charge in [0.2, 0.25) is 5.91 Å². The number of hydrogen-bond donors (Lipinski definition) is 9. The van der Waals surface area contributed by atoms with Crippen LogP contribution in [0.4, 0.5) is 0 Å². The third-order valence-corrected chi connectivity index (χ3v) is 4.18. The number of carbonyl (C=O) groups excluding carboxylic acids is 1. The molecule has 1 aliphatic heterocycles. The molecule has 0 radical (unpaired) electrons. The van der Waals surface area contributed by atoms with Crippen LogP contribution in [-0.2, 0) is 14.3 Å². The van der Waals surface area contributed by atoms with Crippen molar-refractivity contribution in [1.29, 1.82) is 0 Å². The average molecular weight is 383 g/mol. The molecule has 1 amide bonds. The van der Waals surface area contributed by atoms with Crippen LogP contribution in [0.3, 0.4) is 0 Å². The van der Waals surface area contributed by atoms with E-state index < -0.39 is 74.1 Å². The largest absolute Gasteiger partial charge is 0.394 e. The van der Waals surface area contributed by atoms with Crippen LogP contribution in [0.1, 0.15) is 6.92 Å². The van der Waals surface area contributed by atoms with E-state index in [-0.39, 0.29) is 6.54 Å². The second kappa shape index (κ2) is 10.4. The standard InChI is InChI=1S/C14H29N3O9/c1-5(20)17-10-8(4-19)25-14(12(24)11(10)23)26-13(6(21)2-15)9(16)7(22)3-18/h6-14,18-19,21-24H,2-4,15-16H2,1H3,(H,17,20)/t6-,7-,8+,9+,10+,11-,12+,13-,14+/m0/s1. The van der Waals surface area contributed by atoms with Gasteiger partial charge in [-0.3, -0.25) is 4.79 Å². The van der Waals surface area contributed by atoms with Gasteiger partial charge in [-0.15, -0.1) is 0 Å². The first kappa shape index (κ1) is 23.1. The van der Waals surface area contributed by atoms with Crippen LogP contribution in [0.15, 0.2) is 0 Å². The Labute approximate surface area is 150 Å². The molecular weight excluding hydrogens is 354 g/mol. The third-order valence-electron chi connectivity index (χ3n) is 4.18. The van der Waals surface area contributed by atoms with Gasteiger partial charge in [0.1, 0.15) is 24.4 Å². The van der Waals surface area contributed by atoms with Gasteiger partial charge in [-0.2, -0.15) is 0 Å². The molecule has 11 N–H and O–H groups in total. The van der Waals surface area contributed by atoms with Gasteiger partial charge in [0.25, 0.3) is 0 Å². The smallest absolute Gasteiger partial charge is 0.217 e. The fraction of sp³-hybridized carbons (Fsp3) is 0.929. The number of ether oxygens (including phenoxy) is 2. The van der Waals surface area contributed by atoms with Crippen molar-refractivity contribution in [3.8, 4) is 0 Å². The number of aliphatic hydroxyl groups excluding tert-OH is 6. The lowest BCUT2D eigenvalue weighted by Gasteiger charge is -2.44. The van der Waals surface area contributed by atoms with Crippen molar-refractivity contribution in [3.63, 3.8) is 0 Å². The highest BCUT2D eigenvalue weighted by Crippen LogP contribution is 2.24. The molecule has 9 atom stereocenters. The number of rotatable bonds is 9. The normalized spacial score (nSPS) is 34.0. The number of carbonyl (C=O) groups is 1. The molecule has 0 saturated carbocycles. The van der Waals surface area contributed by atoms with Crippen LogP contribution in [0, 0.1) is 0 Å². The lowest BCUT2D eigenvalue weighted by atomic mass is 9.95. The minimum Gasteiger partial charge on any atom is -0.394 e. The van der Waals surface area contributed by atoms with Gasteiger partial charge in [-0.25, -0.2) is 0 Å². The quantitative estimate of drug-likeness (QED) is 0.182. The van der Waals surface area contributed by atoms with E-state index in [2.05, 4.69) is 5.32 Å². The molecule has 0 aromatic rings. The number of nitrogens with two attached hydrogens (primary N) is 2. The Balaban J connectivity index is 2.96. The molecule has 12 nitrogen and oxygen atoms in total.